The van der Waals surface area contributed by atoms with Crippen LogP contribution in [0.25, 0.3) is 0 Å². The molecule has 2 aromatic rings. The molecule has 0 heterocycles. The van der Waals surface area contributed by atoms with Crippen LogP contribution in [0.3, 0.4) is 0 Å². The molecule has 0 aliphatic rings. The molecule has 100 valence electrons. The molecule has 0 bridgehead atoms. The molecule has 0 aliphatic carbocycles. The molecule has 0 radical (unpaired) electrons. The van der Waals surface area contributed by atoms with Crippen molar-refractivity contribution in [2.24, 2.45) is 0 Å². The SMILES string of the molecule is Cl.Nc1cc([As]=[As]c2ccc(O)c(N)c2)ccc1O. The van der Waals surface area contributed by atoms with E-state index in [9.17, 15) is 10.2 Å². The molecule has 0 aromatic heterocycles. The van der Waals surface area contributed by atoms with Gasteiger partial charge in [0.05, 0.1) is 0 Å². The molecule has 7 heteroatoms. The molecular formula is C12H13As2ClN2O2. The zero-order valence-corrected chi connectivity index (χ0v) is 14.4. The Hall–Kier alpha value is -0.953. The summed E-state index contributed by atoms with van der Waals surface area (Å²) >= 11 is 0.0278. The molecule has 2 rings (SSSR count). The van der Waals surface area contributed by atoms with Crippen LogP contribution >= 0.6 is 12.4 Å². The van der Waals surface area contributed by atoms with Crippen LogP contribution in [0.1, 0.15) is 0 Å². The molecule has 0 saturated heterocycles. The van der Waals surface area contributed by atoms with Crippen molar-refractivity contribution in [2.75, 3.05) is 11.5 Å². The maximum atomic E-state index is 9.34. The maximum absolute atomic E-state index is 9.34. The third-order valence-corrected chi connectivity index (χ3v) is 10.8. The van der Waals surface area contributed by atoms with E-state index in [1.807, 2.05) is 24.3 Å². The number of anilines is 2. The third-order valence-electron chi connectivity index (χ3n) is 2.30. The Morgan fingerprint density at radius 1 is 0.737 bits per heavy atom. The molecule has 0 aliphatic heterocycles. The Morgan fingerprint density at radius 3 is 1.42 bits per heavy atom. The van der Waals surface area contributed by atoms with Gasteiger partial charge >= 0.3 is 116 Å². The Bertz CT molecular complexity index is 567. The summed E-state index contributed by atoms with van der Waals surface area (Å²) in [6.45, 7) is 0. The number of halogens is 1. The van der Waals surface area contributed by atoms with Gasteiger partial charge in [-0.05, 0) is 0 Å². The van der Waals surface area contributed by atoms with E-state index in [1.54, 1.807) is 12.1 Å². The van der Waals surface area contributed by atoms with Crippen molar-refractivity contribution in [2.45, 2.75) is 0 Å². The molecular weight excluding hydrogens is 389 g/mol. The number of phenolic OH excluding ortho intramolecular Hbond substituents is 2. The van der Waals surface area contributed by atoms with Crippen LogP contribution in [-0.2, 0) is 0 Å². The van der Waals surface area contributed by atoms with E-state index in [0.717, 1.165) is 0 Å². The average molecular weight is 403 g/mol. The molecule has 0 atom stereocenters. The van der Waals surface area contributed by atoms with Crippen LogP contribution in [0.15, 0.2) is 36.4 Å². The second kappa shape index (κ2) is 7.00. The first-order chi connectivity index (χ1) is 8.56. The van der Waals surface area contributed by atoms with Crippen molar-refractivity contribution in [3.63, 3.8) is 0 Å². The number of benzene rings is 2. The summed E-state index contributed by atoms with van der Waals surface area (Å²) < 4.78 is 2.38. The summed E-state index contributed by atoms with van der Waals surface area (Å²) in [6, 6.07) is 10.7. The number of phenols is 2. The number of rotatable bonds is 2. The number of aromatic hydroxyl groups is 2. The summed E-state index contributed by atoms with van der Waals surface area (Å²) in [5.74, 6) is 0.259. The number of nitrogens with two attached hydrogens (primary N) is 2. The predicted molar refractivity (Wildman–Crippen MR) is 83.1 cm³/mol. The van der Waals surface area contributed by atoms with Crippen molar-refractivity contribution >= 4 is 58.8 Å². The van der Waals surface area contributed by atoms with E-state index in [4.69, 9.17) is 11.5 Å². The molecule has 0 unspecified atom stereocenters. The average Bonchev–Trinajstić information content (AvgIpc) is 2.35. The molecule has 2 aromatic carbocycles. The first kappa shape index (κ1) is 16.1. The van der Waals surface area contributed by atoms with Gasteiger partial charge in [0.2, 0.25) is 0 Å². The zero-order chi connectivity index (χ0) is 13.1. The number of hydrogen-bond donors (Lipinski definition) is 4. The molecule has 19 heavy (non-hydrogen) atoms. The minimum absolute atomic E-state index is 0. The summed E-state index contributed by atoms with van der Waals surface area (Å²) in [6.07, 6.45) is 0. The Balaban J connectivity index is 0.00000180. The van der Waals surface area contributed by atoms with E-state index < -0.39 is 0 Å². The van der Waals surface area contributed by atoms with Gasteiger partial charge < -0.3 is 0 Å². The molecule has 4 nitrogen and oxygen atoms in total. The Labute approximate surface area is 128 Å². The van der Waals surface area contributed by atoms with Gasteiger partial charge in [0.15, 0.2) is 0 Å². The quantitative estimate of drug-likeness (QED) is 0.322. The van der Waals surface area contributed by atoms with E-state index in [-0.39, 0.29) is 50.2 Å². The van der Waals surface area contributed by atoms with Crippen LogP contribution in [-0.4, -0.2) is 36.5 Å². The second-order valence-corrected chi connectivity index (χ2v) is 11.1. The first-order valence-electron chi connectivity index (χ1n) is 5.15. The van der Waals surface area contributed by atoms with Gasteiger partial charge in [0.25, 0.3) is 0 Å². The van der Waals surface area contributed by atoms with E-state index >= 15 is 0 Å². The standard InChI is InChI=1S/C12H12As2N2O2.ClH/c15-9-5-7(1-3-11(9)17)13-14-8-2-4-12(18)10(16)6-8;/h1-6,17-18H,15-16H2;1H. The van der Waals surface area contributed by atoms with Gasteiger partial charge in [-0.2, -0.15) is 0 Å². The van der Waals surface area contributed by atoms with Crippen LogP contribution in [0.5, 0.6) is 11.5 Å². The van der Waals surface area contributed by atoms with Gasteiger partial charge in [0, 0.05) is 0 Å². The minimum atomic E-state index is 0. The summed E-state index contributed by atoms with van der Waals surface area (Å²) in [7, 11) is 0. The van der Waals surface area contributed by atoms with Crippen LogP contribution in [0.2, 0.25) is 0 Å². The van der Waals surface area contributed by atoms with Gasteiger partial charge in [-0.25, -0.2) is 0 Å². The number of hydrogen-bond acceptors (Lipinski definition) is 4. The fourth-order valence-electron chi connectivity index (χ4n) is 1.32. The summed E-state index contributed by atoms with van der Waals surface area (Å²) in [4.78, 5) is 0. The Kier molecular flexibility index (Phi) is 5.93. The van der Waals surface area contributed by atoms with Crippen LogP contribution in [0, 0.1) is 0 Å². The van der Waals surface area contributed by atoms with Gasteiger partial charge in [-0.15, -0.1) is 12.4 Å². The number of nitrogen functional groups attached to an aromatic ring is 2. The predicted octanol–water partition coefficient (Wildman–Crippen LogP) is -0.0418. The van der Waals surface area contributed by atoms with Crippen molar-refractivity contribution in [1.29, 1.82) is 0 Å². The van der Waals surface area contributed by atoms with Gasteiger partial charge in [0.1, 0.15) is 0 Å². The summed E-state index contributed by atoms with van der Waals surface area (Å²) in [5.41, 5.74) is 12.2. The first-order valence-corrected chi connectivity index (χ1v) is 12.2. The normalized spacial score (nSPS) is 10.3. The van der Waals surface area contributed by atoms with Gasteiger partial charge in [-0.1, -0.05) is 0 Å². The van der Waals surface area contributed by atoms with E-state index in [1.165, 1.54) is 8.70 Å². The monoisotopic (exact) mass is 402 g/mol. The van der Waals surface area contributed by atoms with Crippen LogP contribution < -0.4 is 20.2 Å². The third kappa shape index (κ3) is 4.28. The zero-order valence-electron chi connectivity index (χ0n) is 9.82. The van der Waals surface area contributed by atoms with E-state index in [2.05, 4.69) is 0 Å². The molecule has 0 fully saturated rings. The van der Waals surface area contributed by atoms with Crippen LogP contribution in [0.4, 0.5) is 11.4 Å². The van der Waals surface area contributed by atoms with Crippen molar-refractivity contribution in [1.82, 2.24) is 0 Å². The molecule has 0 amide bonds. The van der Waals surface area contributed by atoms with Gasteiger partial charge in [-0.3, -0.25) is 0 Å². The van der Waals surface area contributed by atoms with E-state index in [0.29, 0.717) is 11.4 Å². The fraction of sp³-hybridized carbons (Fsp3) is 0. The summed E-state index contributed by atoms with van der Waals surface area (Å²) in [5, 5.41) is 18.7. The van der Waals surface area contributed by atoms with Crippen molar-refractivity contribution in [3.8, 4) is 11.5 Å². The second-order valence-electron chi connectivity index (χ2n) is 3.69. The fourth-order valence-corrected chi connectivity index (χ4v) is 8.46. The van der Waals surface area contributed by atoms with Crippen molar-refractivity contribution in [3.05, 3.63) is 36.4 Å². The molecule has 0 spiro atoms. The van der Waals surface area contributed by atoms with Crippen molar-refractivity contribution < 1.29 is 10.2 Å². The Morgan fingerprint density at radius 2 is 1.11 bits per heavy atom. The topological polar surface area (TPSA) is 92.5 Å². The molecule has 0 saturated carbocycles. The molecule has 6 N–H and O–H groups in total.